The molecule has 20 heteroatoms. The van der Waals surface area contributed by atoms with Crippen LogP contribution in [0, 0.1) is 6.92 Å². The van der Waals surface area contributed by atoms with Gasteiger partial charge < -0.3 is 24.6 Å². The number of carbonyl (C=O) groups excluding carboxylic acids is 3. The molecule has 7 aromatic rings. The molecule has 2 amide bonds. The first kappa shape index (κ1) is 38.7. The number of aryl methyl sites for hydroxylation is 1. The number of aromatic amines is 1. The van der Waals surface area contributed by atoms with Crippen molar-refractivity contribution in [1.29, 1.82) is 0 Å². The van der Waals surface area contributed by atoms with E-state index in [4.69, 9.17) is 4.74 Å². The lowest BCUT2D eigenvalue weighted by atomic mass is 10.2. The molecule has 1 aromatic carbocycles. The number of H-pyrrole nitrogens is 1. The minimum Gasteiger partial charge on any atom is -0.461 e. The van der Waals surface area contributed by atoms with E-state index < -0.39 is 34.2 Å². The largest absolute Gasteiger partial charge is 0.461 e. The van der Waals surface area contributed by atoms with Crippen LogP contribution in [0.3, 0.4) is 0 Å². The Kier molecular flexibility index (Phi) is 9.94. The van der Waals surface area contributed by atoms with E-state index >= 15 is 0 Å². The predicted molar refractivity (Wildman–Crippen MR) is 214 cm³/mol. The summed E-state index contributed by atoms with van der Waals surface area (Å²) in [6, 6.07) is 9.48. The number of aromatic nitrogens is 8. The maximum absolute atomic E-state index is 13.4. The number of nitrogens with zero attached hydrogens (tertiary/aromatic N) is 9. The monoisotopic (exact) mass is 922 g/mol. The molecular weight excluding hydrogens is 888 g/mol. The number of ether oxygens (including phenoxy) is 1. The average molecular weight is 925 g/mol. The second-order valence-corrected chi connectivity index (χ2v) is 17.4. The number of halogens is 2. The number of likely N-dealkylation sites (tertiary alicyclic amines) is 2. The van der Waals surface area contributed by atoms with Crippen LogP contribution >= 0.6 is 31.9 Å². The van der Waals surface area contributed by atoms with Crippen molar-refractivity contribution in [3.8, 4) is 0 Å². The maximum Gasteiger partial charge on any atom is 0.302 e. The molecule has 6 aromatic heterocycles. The molecule has 17 nitrogen and oxygen atoms in total. The first-order valence-corrected chi connectivity index (χ1v) is 20.9. The lowest BCUT2D eigenvalue weighted by Crippen LogP contribution is -2.31. The molecule has 2 N–H and O–H groups in total. The van der Waals surface area contributed by atoms with E-state index in [2.05, 4.69) is 56.8 Å². The Bertz CT molecular complexity index is 2850. The third-order valence-electron chi connectivity index (χ3n) is 10.3. The molecular formula is C37H36Br2N10O7S. The Hall–Kier alpha value is -5.18. The molecule has 0 spiro atoms. The Morgan fingerprint density at radius 3 is 2.04 bits per heavy atom. The highest BCUT2D eigenvalue weighted by molar-refractivity contribution is 9.10. The zero-order valence-corrected chi connectivity index (χ0v) is 35.0. The third kappa shape index (κ3) is 6.76. The average Bonchev–Trinajstić information content (AvgIpc) is 4.01. The van der Waals surface area contributed by atoms with E-state index in [1.165, 1.54) is 27.0 Å². The summed E-state index contributed by atoms with van der Waals surface area (Å²) in [7, 11) is -3.89. The lowest BCUT2D eigenvalue weighted by Gasteiger charge is -2.22. The smallest absolute Gasteiger partial charge is 0.302 e. The SMILES string of the molecule is CC(=O)N1C[C@H](O)C[C@@H]1c1nc(Br)c2cnc3[nH]ccc3n12.CC(=O)O[C@@H]1C[C@H](c2nc(Br)c3cnc4c(ccn4S(=O)(=O)c4ccc(C)cc4)n23)N(C(C)=O)C1. The van der Waals surface area contributed by atoms with Gasteiger partial charge in [0, 0.05) is 52.6 Å². The zero-order chi connectivity index (χ0) is 40.5. The van der Waals surface area contributed by atoms with Crippen molar-refractivity contribution in [3.05, 3.63) is 87.6 Å². The van der Waals surface area contributed by atoms with Crippen LogP contribution in [0.15, 0.2) is 75.3 Å². The maximum atomic E-state index is 13.4. The topological polar surface area (TPSA) is 202 Å². The molecule has 2 aliphatic heterocycles. The van der Waals surface area contributed by atoms with E-state index in [0.717, 1.165) is 32.0 Å². The van der Waals surface area contributed by atoms with E-state index in [1.807, 2.05) is 23.6 Å². The molecule has 4 atom stereocenters. The van der Waals surface area contributed by atoms with Crippen LogP contribution < -0.4 is 0 Å². The van der Waals surface area contributed by atoms with Gasteiger partial charge in [0.05, 0.1) is 64.1 Å². The molecule has 0 aliphatic carbocycles. The highest BCUT2D eigenvalue weighted by Gasteiger charge is 2.40. The van der Waals surface area contributed by atoms with Crippen molar-refractivity contribution >= 4 is 93.0 Å². The van der Waals surface area contributed by atoms with Crippen molar-refractivity contribution in [1.82, 2.24) is 47.5 Å². The van der Waals surface area contributed by atoms with Crippen molar-refractivity contribution in [2.24, 2.45) is 0 Å². The molecule has 57 heavy (non-hydrogen) atoms. The number of β-amino-alcohol motifs (C(OH)–C–C–N with tert-alkyl or cyclic N) is 1. The van der Waals surface area contributed by atoms with E-state index in [9.17, 15) is 27.9 Å². The summed E-state index contributed by atoms with van der Waals surface area (Å²) in [4.78, 5) is 60.4. The lowest BCUT2D eigenvalue weighted by molar-refractivity contribution is -0.146. The molecule has 0 saturated carbocycles. The summed E-state index contributed by atoms with van der Waals surface area (Å²) in [6.07, 6.45) is 6.43. The van der Waals surface area contributed by atoms with Crippen LogP contribution in [-0.2, 0) is 29.1 Å². The number of esters is 1. The zero-order valence-electron chi connectivity index (χ0n) is 31.0. The van der Waals surface area contributed by atoms with E-state index in [1.54, 1.807) is 56.9 Å². The van der Waals surface area contributed by atoms with Gasteiger partial charge in [0.15, 0.2) is 11.3 Å². The van der Waals surface area contributed by atoms with Gasteiger partial charge in [-0.05, 0) is 63.0 Å². The number of hydrogen-bond donors (Lipinski definition) is 2. The van der Waals surface area contributed by atoms with Crippen molar-refractivity contribution in [2.75, 3.05) is 13.1 Å². The molecule has 0 radical (unpaired) electrons. The molecule has 2 saturated heterocycles. The first-order chi connectivity index (χ1) is 27.1. The minimum absolute atomic E-state index is 0.0613. The van der Waals surface area contributed by atoms with Gasteiger partial charge in [-0.25, -0.2) is 32.3 Å². The second kappa shape index (κ2) is 14.6. The number of fused-ring (bicyclic) bond motifs is 6. The molecule has 296 valence electrons. The highest BCUT2D eigenvalue weighted by Crippen LogP contribution is 2.38. The van der Waals surface area contributed by atoms with E-state index in [-0.39, 0.29) is 34.9 Å². The number of rotatable bonds is 5. The van der Waals surface area contributed by atoms with Crippen LogP contribution in [0.4, 0.5) is 0 Å². The van der Waals surface area contributed by atoms with Gasteiger partial charge in [0.25, 0.3) is 10.0 Å². The summed E-state index contributed by atoms with van der Waals surface area (Å²) < 4.78 is 38.3. The summed E-state index contributed by atoms with van der Waals surface area (Å²) in [5.74, 6) is 0.602. The number of imidazole rings is 2. The van der Waals surface area contributed by atoms with Crippen LogP contribution in [0.25, 0.3) is 33.4 Å². The summed E-state index contributed by atoms with van der Waals surface area (Å²) >= 11 is 6.93. The quantitative estimate of drug-likeness (QED) is 0.224. The molecule has 0 unspecified atom stereocenters. The normalized spacial score (nSPS) is 19.8. The van der Waals surface area contributed by atoms with Gasteiger partial charge >= 0.3 is 5.97 Å². The standard InChI is InChI=1S/C23H22BrN5O5S.C14H14BrN5O2/c1-13-4-6-17(7-5-13)35(32,33)28-9-8-18-22(28)25-11-20-21(24)26-23(29(18)20)19-10-16(34-15(3)31)12-27(19)14(2)30;1-7(21)19-6-8(22)4-10(19)14-18-12(15)11-5-17-13-9(20(11)14)2-3-16-13/h4-9,11,16,19H,10,12H2,1-3H3;2-3,5,8,10,16,22H,4,6H2,1H3/t16-,19-;8-,10-/m11/s1. The summed E-state index contributed by atoms with van der Waals surface area (Å²) in [5, 5.41) is 9.97. The number of aliphatic hydroxyl groups excluding tert-OH is 1. The summed E-state index contributed by atoms with van der Waals surface area (Å²) in [5.41, 5.74) is 4.82. The van der Waals surface area contributed by atoms with Gasteiger partial charge in [-0.1, -0.05) is 17.7 Å². The summed E-state index contributed by atoms with van der Waals surface area (Å²) in [6.45, 7) is 6.78. The highest BCUT2D eigenvalue weighted by atomic mass is 79.9. The van der Waals surface area contributed by atoms with E-state index in [0.29, 0.717) is 45.5 Å². The van der Waals surface area contributed by atoms with Crippen molar-refractivity contribution in [2.45, 2.75) is 69.7 Å². The van der Waals surface area contributed by atoms with Crippen LogP contribution in [-0.4, -0.2) is 104 Å². The van der Waals surface area contributed by atoms with Crippen LogP contribution in [0.2, 0.25) is 0 Å². The Labute approximate surface area is 342 Å². The van der Waals surface area contributed by atoms with Gasteiger partial charge in [-0.15, -0.1) is 0 Å². The molecule has 8 heterocycles. The number of amides is 2. The minimum atomic E-state index is -3.89. The fourth-order valence-corrected chi connectivity index (χ4v) is 9.95. The Balaban J connectivity index is 0.000000177. The number of nitrogens with one attached hydrogen (secondary N) is 1. The first-order valence-electron chi connectivity index (χ1n) is 17.9. The number of benzene rings is 1. The Morgan fingerprint density at radius 1 is 0.807 bits per heavy atom. The number of hydrogen-bond acceptors (Lipinski definition) is 11. The molecule has 2 aliphatic rings. The molecule has 0 bridgehead atoms. The number of carbonyl (C=O) groups is 3. The fraction of sp³-hybridized carbons (Fsp3) is 0.324. The molecule has 2 fully saturated rings. The van der Waals surface area contributed by atoms with Crippen LogP contribution in [0.5, 0.6) is 0 Å². The fourth-order valence-electron chi connectivity index (χ4n) is 7.74. The number of aliphatic hydroxyl groups is 1. The molecule has 9 rings (SSSR count). The van der Waals surface area contributed by atoms with Crippen molar-refractivity contribution in [3.63, 3.8) is 0 Å². The van der Waals surface area contributed by atoms with Gasteiger partial charge in [0.1, 0.15) is 27.0 Å². The third-order valence-corrected chi connectivity index (χ3v) is 13.1. The van der Waals surface area contributed by atoms with Crippen LogP contribution in [0.1, 0.15) is 62.9 Å². The van der Waals surface area contributed by atoms with Gasteiger partial charge in [-0.3, -0.25) is 23.2 Å². The Morgan fingerprint density at radius 2 is 1.40 bits per heavy atom. The predicted octanol–water partition coefficient (Wildman–Crippen LogP) is 4.84. The van der Waals surface area contributed by atoms with Gasteiger partial charge in [-0.2, -0.15) is 0 Å². The van der Waals surface area contributed by atoms with Gasteiger partial charge in [0.2, 0.25) is 11.8 Å². The van der Waals surface area contributed by atoms with Crippen molar-refractivity contribution < 1.29 is 32.6 Å². The second-order valence-electron chi connectivity index (χ2n) is 14.1.